The average molecular weight is 437 g/mol. The number of benzene rings is 1. The van der Waals surface area contributed by atoms with Gasteiger partial charge in [0, 0.05) is 20.8 Å². The second-order valence-electron chi connectivity index (χ2n) is 5.26. The van der Waals surface area contributed by atoms with Crippen molar-refractivity contribution in [1.29, 1.82) is 0 Å². The molecule has 0 aliphatic rings. The van der Waals surface area contributed by atoms with Crippen LogP contribution in [0, 0.1) is 6.92 Å². The summed E-state index contributed by atoms with van der Waals surface area (Å²) in [5.41, 5.74) is 3.94. The van der Waals surface area contributed by atoms with Gasteiger partial charge in [0.15, 0.2) is 0 Å². The fourth-order valence-corrected chi connectivity index (χ4v) is 3.51. The Labute approximate surface area is 151 Å². The summed E-state index contributed by atoms with van der Waals surface area (Å²) in [4.78, 5) is 17.4. The summed E-state index contributed by atoms with van der Waals surface area (Å²) < 4.78 is 3.69. The van der Waals surface area contributed by atoms with Gasteiger partial charge in [-0.3, -0.25) is 9.20 Å². The predicted octanol–water partition coefficient (Wildman–Crippen LogP) is 4.98. The van der Waals surface area contributed by atoms with E-state index in [-0.39, 0.29) is 5.91 Å². The van der Waals surface area contributed by atoms with Crippen LogP contribution in [0.5, 0.6) is 0 Å². The van der Waals surface area contributed by atoms with E-state index in [4.69, 9.17) is 0 Å². The molecule has 1 N–H and O–H groups in total. The lowest BCUT2D eigenvalue weighted by atomic mass is 10.2. The third-order valence-corrected chi connectivity index (χ3v) is 4.50. The van der Waals surface area contributed by atoms with Gasteiger partial charge in [-0.15, -0.1) is 0 Å². The number of fused-ring (bicyclic) bond motifs is 1. The van der Waals surface area contributed by atoms with E-state index in [1.165, 1.54) is 0 Å². The van der Waals surface area contributed by atoms with Gasteiger partial charge in [-0.05, 0) is 59.1 Å². The van der Waals surface area contributed by atoms with Crippen LogP contribution in [0.1, 0.15) is 28.7 Å². The summed E-state index contributed by atoms with van der Waals surface area (Å²) in [6.07, 6.45) is 2.57. The first kappa shape index (κ1) is 16.2. The third kappa shape index (κ3) is 3.19. The molecule has 4 nitrogen and oxygen atoms in total. The molecular weight excluding hydrogens is 422 g/mol. The molecule has 2 heterocycles. The zero-order valence-electron chi connectivity index (χ0n) is 12.7. The normalized spacial score (nSPS) is 11.0. The van der Waals surface area contributed by atoms with Crippen molar-refractivity contribution in [2.45, 2.75) is 20.3 Å². The lowest BCUT2D eigenvalue weighted by Crippen LogP contribution is -2.16. The molecule has 2 aromatic heterocycles. The van der Waals surface area contributed by atoms with E-state index >= 15 is 0 Å². The number of nitrogens with one attached hydrogen (secondary N) is 1. The van der Waals surface area contributed by atoms with Crippen LogP contribution in [0.4, 0.5) is 5.69 Å². The van der Waals surface area contributed by atoms with Crippen molar-refractivity contribution in [3.8, 4) is 0 Å². The van der Waals surface area contributed by atoms with Crippen molar-refractivity contribution < 1.29 is 4.79 Å². The van der Waals surface area contributed by atoms with Crippen molar-refractivity contribution in [3.05, 3.63) is 62.4 Å². The van der Waals surface area contributed by atoms with Crippen LogP contribution < -0.4 is 5.32 Å². The van der Waals surface area contributed by atoms with Gasteiger partial charge < -0.3 is 5.32 Å². The Morgan fingerprint density at radius 2 is 2.04 bits per heavy atom. The summed E-state index contributed by atoms with van der Waals surface area (Å²) in [5.74, 6) is -0.162. The highest BCUT2D eigenvalue weighted by atomic mass is 79.9. The van der Waals surface area contributed by atoms with Gasteiger partial charge in [-0.2, -0.15) is 0 Å². The molecule has 0 fully saturated rings. The molecule has 0 spiro atoms. The van der Waals surface area contributed by atoms with Gasteiger partial charge in [0.2, 0.25) is 0 Å². The summed E-state index contributed by atoms with van der Waals surface area (Å²) in [6.45, 7) is 3.99. The number of hydrogen-bond donors (Lipinski definition) is 1. The molecule has 0 atom stereocenters. The van der Waals surface area contributed by atoms with Crippen LogP contribution in [0.25, 0.3) is 5.65 Å². The van der Waals surface area contributed by atoms with Crippen LogP contribution in [0.3, 0.4) is 0 Å². The van der Waals surface area contributed by atoms with Crippen LogP contribution in [-0.2, 0) is 6.42 Å². The highest BCUT2D eigenvalue weighted by Gasteiger charge is 2.19. The molecule has 6 heteroatoms. The monoisotopic (exact) mass is 435 g/mol. The molecule has 0 aliphatic heterocycles. The number of halogens is 2. The SMILES string of the molecule is CCc1nc2c(C)cc(Br)cn2c1C(=O)Nc1cccc(Br)c1. The Morgan fingerprint density at radius 1 is 1.26 bits per heavy atom. The number of pyridine rings is 1. The standard InChI is InChI=1S/C17H15Br2N3O/c1-3-14-15(17(23)20-13-6-4-5-11(18)8-13)22-9-12(19)7-10(2)16(22)21-14/h4-9H,3H2,1-2H3,(H,20,23). The third-order valence-electron chi connectivity index (χ3n) is 3.58. The summed E-state index contributed by atoms with van der Waals surface area (Å²) in [7, 11) is 0. The van der Waals surface area contributed by atoms with Crippen LogP contribution in [0.2, 0.25) is 0 Å². The lowest BCUT2D eigenvalue weighted by Gasteiger charge is -2.08. The average Bonchev–Trinajstić information content (AvgIpc) is 2.86. The maximum absolute atomic E-state index is 12.8. The topological polar surface area (TPSA) is 46.4 Å². The summed E-state index contributed by atoms with van der Waals surface area (Å²) in [5, 5.41) is 2.95. The Bertz CT molecular complexity index is 902. The fraction of sp³-hybridized carbons (Fsp3) is 0.176. The molecule has 0 radical (unpaired) electrons. The smallest absolute Gasteiger partial charge is 0.274 e. The minimum absolute atomic E-state index is 0.162. The van der Waals surface area contributed by atoms with Crippen molar-refractivity contribution >= 4 is 49.1 Å². The van der Waals surface area contributed by atoms with E-state index in [0.29, 0.717) is 12.1 Å². The van der Waals surface area contributed by atoms with Gasteiger partial charge in [0.25, 0.3) is 5.91 Å². The molecule has 23 heavy (non-hydrogen) atoms. The first-order valence-corrected chi connectivity index (χ1v) is 8.82. The molecule has 0 saturated carbocycles. The first-order chi connectivity index (χ1) is 11.0. The Hall–Kier alpha value is -1.66. The van der Waals surface area contributed by atoms with Gasteiger partial charge >= 0.3 is 0 Å². The molecule has 1 aromatic carbocycles. The molecule has 1 amide bonds. The number of aromatic nitrogens is 2. The van der Waals surface area contributed by atoms with E-state index in [1.54, 1.807) is 0 Å². The number of amides is 1. The van der Waals surface area contributed by atoms with Crippen LogP contribution >= 0.6 is 31.9 Å². The van der Waals surface area contributed by atoms with Crippen molar-refractivity contribution in [1.82, 2.24) is 9.38 Å². The van der Waals surface area contributed by atoms with Crippen molar-refractivity contribution in [2.75, 3.05) is 5.32 Å². The number of carbonyl (C=O) groups is 1. The largest absolute Gasteiger partial charge is 0.321 e. The highest BCUT2D eigenvalue weighted by molar-refractivity contribution is 9.10. The van der Waals surface area contributed by atoms with Gasteiger partial charge in [0.1, 0.15) is 11.3 Å². The van der Waals surface area contributed by atoms with Crippen molar-refractivity contribution in [2.24, 2.45) is 0 Å². The number of aryl methyl sites for hydroxylation is 2. The number of rotatable bonds is 3. The quantitative estimate of drug-likeness (QED) is 0.629. The van der Waals surface area contributed by atoms with Gasteiger partial charge in [-0.1, -0.05) is 28.9 Å². The molecule has 0 bridgehead atoms. The molecule has 0 aliphatic carbocycles. The van der Waals surface area contributed by atoms with E-state index in [2.05, 4.69) is 42.2 Å². The van der Waals surface area contributed by atoms with E-state index in [9.17, 15) is 4.79 Å². The first-order valence-electron chi connectivity index (χ1n) is 7.23. The van der Waals surface area contributed by atoms with Gasteiger partial charge in [-0.25, -0.2) is 4.98 Å². The van der Waals surface area contributed by atoms with Crippen molar-refractivity contribution in [3.63, 3.8) is 0 Å². The minimum Gasteiger partial charge on any atom is -0.321 e. The molecule has 3 aromatic rings. The number of anilines is 1. The fourth-order valence-electron chi connectivity index (χ4n) is 2.56. The van der Waals surface area contributed by atoms with Crippen LogP contribution in [-0.4, -0.2) is 15.3 Å². The molecule has 0 unspecified atom stereocenters. The minimum atomic E-state index is -0.162. The highest BCUT2D eigenvalue weighted by Crippen LogP contribution is 2.23. The zero-order valence-corrected chi connectivity index (χ0v) is 15.9. The summed E-state index contributed by atoms with van der Waals surface area (Å²) in [6, 6.07) is 9.53. The lowest BCUT2D eigenvalue weighted by molar-refractivity contribution is 0.102. The maximum Gasteiger partial charge on any atom is 0.274 e. The maximum atomic E-state index is 12.8. The Morgan fingerprint density at radius 3 is 2.74 bits per heavy atom. The van der Waals surface area contributed by atoms with E-state index < -0.39 is 0 Å². The number of nitrogens with zero attached hydrogens (tertiary/aromatic N) is 2. The summed E-state index contributed by atoms with van der Waals surface area (Å²) >= 11 is 6.90. The predicted molar refractivity (Wildman–Crippen MR) is 99.1 cm³/mol. The van der Waals surface area contributed by atoms with E-state index in [1.807, 2.05) is 54.8 Å². The molecule has 0 saturated heterocycles. The second kappa shape index (κ2) is 6.45. The molecular formula is C17H15Br2N3O. The molecule has 3 rings (SSSR count). The number of imidazole rings is 1. The Kier molecular flexibility index (Phi) is 4.55. The van der Waals surface area contributed by atoms with Gasteiger partial charge in [0.05, 0.1) is 5.69 Å². The van der Waals surface area contributed by atoms with Crippen LogP contribution in [0.15, 0.2) is 45.5 Å². The second-order valence-corrected chi connectivity index (χ2v) is 7.09. The number of hydrogen-bond acceptors (Lipinski definition) is 2. The Balaban J connectivity index is 2.09. The number of carbonyl (C=O) groups excluding carboxylic acids is 1. The zero-order chi connectivity index (χ0) is 16.6. The van der Waals surface area contributed by atoms with E-state index in [0.717, 1.165) is 31.5 Å². The molecule has 118 valence electrons.